The molecule has 0 bridgehead atoms. The lowest BCUT2D eigenvalue weighted by Gasteiger charge is -2.31. The molecular formula is C36H37N5O6. The maximum Gasteiger partial charge on any atom is 0.407 e. The Morgan fingerprint density at radius 2 is 1.60 bits per heavy atom. The first kappa shape index (κ1) is 32.9. The van der Waals surface area contributed by atoms with Gasteiger partial charge in [-0.2, -0.15) is 5.26 Å². The lowest BCUT2D eigenvalue weighted by molar-refractivity contribution is -0.119. The number of carbonyl (C=O) groups is 2. The van der Waals surface area contributed by atoms with Crippen molar-refractivity contribution in [2.45, 2.75) is 37.0 Å². The zero-order valence-corrected chi connectivity index (χ0v) is 26.0. The van der Waals surface area contributed by atoms with Crippen LogP contribution < -0.4 is 26.4 Å². The molecule has 1 aliphatic rings. The lowest BCUT2D eigenvalue weighted by atomic mass is 9.84. The molecule has 1 fully saturated rings. The van der Waals surface area contributed by atoms with Crippen molar-refractivity contribution < 1.29 is 23.8 Å². The minimum Gasteiger partial charge on any atom is -0.491 e. The molecule has 0 spiro atoms. The van der Waals surface area contributed by atoms with Crippen molar-refractivity contribution in [1.82, 2.24) is 15.3 Å². The van der Waals surface area contributed by atoms with E-state index in [4.69, 9.17) is 19.5 Å². The zero-order chi connectivity index (χ0) is 33.0. The summed E-state index contributed by atoms with van der Waals surface area (Å²) in [6.07, 6.45) is -0.128. The Bertz CT molecular complexity index is 1680. The molecule has 1 saturated heterocycles. The normalized spacial score (nSPS) is 16.4. The van der Waals surface area contributed by atoms with Crippen LogP contribution >= 0.6 is 0 Å². The number of methoxy groups -OCH3 is 1. The predicted octanol–water partition coefficient (Wildman–Crippen LogP) is 3.72. The first-order valence-corrected chi connectivity index (χ1v) is 15.4. The van der Waals surface area contributed by atoms with Crippen LogP contribution in [0.1, 0.15) is 34.7 Å². The molecule has 3 unspecified atom stereocenters. The molecule has 11 nitrogen and oxygen atoms in total. The number of alkyl carbamates (subject to hydrolysis) is 1. The number of rotatable bonds is 12. The first-order valence-electron chi connectivity index (χ1n) is 15.4. The summed E-state index contributed by atoms with van der Waals surface area (Å²) in [5.41, 5.74) is 5.10. The number of hydrogen-bond acceptors (Lipinski definition) is 8. The third kappa shape index (κ3) is 8.85. The summed E-state index contributed by atoms with van der Waals surface area (Å²) >= 11 is 0. The van der Waals surface area contributed by atoms with Crippen LogP contribution in [0, 0.1) is 11.3 Å². The van der Waals surface area contributed by atoms with E-state index >= 15 is 0 Å². The molecule has 3 atom stereocenters. The van der Waals surface area contributed by atoms with Crippen LogP contribution in [0.5, 0.6) is 5.75 Å². The van der Waals surface area contributed by atoms with Crippen LogP contribution in [0.2, 0.25) is 0 Å². The molecule has 0 saturated carbocycles. The van der Waals surface area contributed by atoms with Crippen LogP contribution in [0.4, 0.5) is 4.79 Å². The largest absolute Gasteiger partial charge is 0.491 e. The Labute approximate surface area is 273 Å². The van der Waals surface area contributed by atoms with Gasteiger partial charge < -0.3 is 24.8 Å². The second kappa shape index (κ2) is 16.2. The molecule has 0 aliphatic carbocycles. The van der Waals surface area contributed by atoms with Crippen molar-refractivity contribution in [3.05, 3.63) is 136 Å². The molecule has 1 aromatic heterocycles. The van der Waals surface area contributed by atoms with Gasteiger partial charge in [0.25, 0.3) is 11.5 Å². The number of carbonyl (C=O) groups excluding carboxylic acids is 2. The fraction of sp³-hybridized carbons (Fsp3) is 0.278. The highest BCUT2D eigenvalue weighted by Crippen LogP contribution is 2.29. The molecule has 47 heavy (non-hydrogen) atoms. The van der Waals surface area contributed by atoms with Crippen molar-refractivity contribution in [3.63, 3.8) is 0 Å². The van der Waals surface area contributed by atoms with Gasteiger partial charge in [-0.25, -0.2) is 9.47 Å². The molecular weight excluding hydrogens is 598 g/mol. The molecule has 2 amide bonds. The average molecular weight is 636 g/mol. The van der Waals surface area contributed by atoms with Gasteiger partial charge in [0.15, 0.2) is 0 Å². The van der Waals surface area contributed by atoms with Gasteiger partial charge in [0.2, 0.25) is 0 Å². The molecule has 4 aromatic rings. The zero-order valence-electron chi connectivity index (χ0n) is 26.0. The smallest absolute Gasteiger partial charge is 0.407 e. The molecule has 11 heteroatoms. The minimum absolute atomic E-state index is 0.160. The molecule has 3 N–H and O–H groups in total. The molecule has 3 aromatic carbocycles. The van der Waals surface area contributed by atoms with Gasteiger partial charge in [-0.3, -0.25) is 15.0 Å². The fourth-order valence-corrected chi connectivity index (χ4v) is 5.58. The topological polar surface area (TPSA) is 144 Å². The molecule has 1 aliphatic heterocycles. The summed E-state index contributed by atoms with van der Waals surface area (Å²) in [6, 6.07) is 31.4. The number of nitrogens with one attached hydrogen (secondary N) is 3. The van der Waals surface area contributed by atoms with E-state index < -0.39 is 29.5 Å². The number of morpholine rings is 1. The Hall–Kier alpha value is -5.44. The molecule has 0 radical (unpaired) electrons. The monoisotopic (exact) mass is 635 g/mol. The summed E-state index contributed by atoms with van der Waals surface area (Å²) in [5, 5.41) is 15.1. The van der Waals surface area contributed by atoms with Crippen LogP contribution in [0.3, 0.4) is 0 Å². The number of amides is 2. The standard InChI is InChI=1S/C36H37N5O6/c1-45-36(44)39-34(33(26-9-4-2-5-10-26)27-11-6-3-7-12-27)35(43)40-41-28(13-8-14-32(41)42)17-20-30-22-38-23-31(47-30)24-46-29-18-15-25(21-37)16-19-29/h2-16,18-19,30-31,33-34,38H,17,20,22-24H2,1H3,(H,39,44)(H,40,43). The highest BCUT2D eigenvalue weighted by atomic mass is 16.5. The Kier molecular flexibility index (Phi) is 11.4. The van der Waals surface area contributed by atoms with E-state index in [-0.39, 0.29) is 12.2 Å². The van der Waals surface area contributed by atoms with Crippen molar-refractivity contribution in [1.29, 1.82) is 5.26 Å². The van der Waals surface area contributed by atoms with Gasteiger partial charge >= 0.3 is 6.09 Å². The third-order valence-electron chi connectivity index (χ3n) is 7.92. The fourth-order valence-electron chi connectivity index (χ4n) is 5.58. The van der Waals surface area contributed by atoms with Crippen molar-refractivity contribution in [2.75, 3.05) is 32.2 Å². The summed E-state index contributed by atoms with van der Waals surface area (Å²) in [6.45, 7) is 1.58. The summed E-state index contributed by atoms with van der Waals surface area (Å²) in [5.74, 6) is -0.511. The summed E-state index contributed by atoms with van der Waals surface area (Å²) < 4.78 is 18.2. The van der Waals surface area contributed by atoms with Gasteiger partial charge in [0, 0.05) is 30.8 Å². The van der Waals surface area contributed by atoms with E-state index in [9.17, 15) is 14.4 Å². The third-order valence-corrected chi connectivity index (χ3v) is 7.92. The number of nitrogens with zero attached hydrogens (tertiary/aromatic N) is 2. The molecule has 2 heterocycles. The van der Waals surface area contributed by atoms with Crippen LogP contribution in [-0.4, -0.2) is 61.7 Å². The van der Waals surface area contributed by atoms with E-state index in [1.165, 1.54) is 17.9 Å². The van der Waals surface area contributed by atoms with E-state index in [0.29, 0.717) is 49.5 Å². The number of nitriles is 1. The highest BCUT2D eigenvalue weighted by molar-refractivity contribution is 5.93. The second-order valence-electron chi connectivity index (χ2n) is 11.1. The van der Waals surface area contributed by atoms with Gasteiger partial charge in [-0.05, 0) is 54.3 Å². The van der Waals surface area contributed by atoms with E-state index in [0.717, 1.165) is 11.1 Å². The maximum absolute atomic E-state index is 14.0. The number of aryl methyl sites for hydroxylation is 1. The predicted molar refractivity (Wildman–Crippen MR) is 176 cm³/mol. The quantitative estimate of drug-likeness (QED) is 0.214. The number of hydrogen-bond donors (Lipinski definition) is 3. The molecule has 5 rings (SSSR count). The lowest BCUT2D eigenvalue weighted by Crippen LogP contribution is -2.51. The van der Waals surface area contributed by atoms with E-state index in [2.05, 4.69) is 22.1 Å². The number of benzene rings is 3. The maximum atomic E-state index is 14.0. The minimum atomic E-state index is -1.12. The van der Waals surface area contributed by atoms with Gasteiger partial charge in [-0.15, -0.1) is 0 Å². The van der Waals surface area contributed by atoms with Crippen LogP contribution in [0.15, 0.2) is 108 Å². The van der Waals surface area contributed by atoms with Gasteiger partial charge in [0.05, 0.1) is 24.8 Å². The number of aromatic nitrogens is 1. The highest BCUT2D eigenvalue weighted by Gasteiger charge is 2.33. The van der Waals surface area contributed by atoms with Crippen LogP contribution in [-0.2, 0) is 20.7 Å². The Balaban J connectivity index is 1.29. The second-order valence-corrected chi connectivity index (χ2v) is 11.1. The van der Waals surface area contributed by atoms with E-state index in [1.54, 1.807) is 36.4 Å². The number of ether oxygens (including phenoxy) is 3. The average Bonchev–Trinajstić information content (AvgIpc) is 3.12. The van der Waals surface area contributed by atoms with Crippen molar-refractivity contribution in [3.8, 4) is 11.8 Å². The Morgan fingerprint density at radius 3 is 2.23 bits per heavy atom. The molecule has 242 valence electrons. The van der Waals surface area contributed by atoms with Crippen molar-refractivity contribution >= 4 is 12.0 Å². The van der Waals surface area contributed by atoms with Crippen LogP contribution in [0.25, 0.3) is 0 Å². The van der Waals surface area contributed by atoms with E-state index in [1.807, 2.05) is 60.7 Å². The summed E-state index contributed by atoms with van der Waals surface area (Å²) in [4.78, 5) is 39.6. The van der Waals surface area contributed by atoms with Gasteiger partial charge in [-0.1, -0.05) is 66.7 Å². The number of pyridine rings is 1. The van der Waals surface area contributed by atoms with Crippen molar-refractivity contribution in [2.24, 2.45) is 0 Å². The first-order chi connectivity index (χ1) is 22.9. The summed E-state index contributed by atoms with van der Waals surface area (Å²) in [7, 11) is 1.23. The Morgan fingerprint density at radius 1 is 0.936 bits per heavy atom. The SMILES string of the molecule is COC(=O)NC(C(=O)Nn1c(CCC2CNCC(COc3ccc(C#N)cc3)O2)cccc1=O)C(c1ccccc1)c1ccccc1. The van der Waals surface area contributed by atoms with Gasteiger partial charge in [0.1, 0.15) is 24.5 Å².